The van der Waals surface area contributed by atoms with Crippen LogP contribution in [0.25, 0.3) is 0 Å². The SMILES string of the molecule is CCCNC(=O)COc1c(Cl)cc(Cl)cc1CC(N)CC. The number of rotatable bonds is 8. The molecule has 0 spiro atoms. The molecule has 1 aromatic carbocycles. The summed E-state index contributed by atoms with van der Waals surface area (Å²) in [5, 5.41) is 3.67. The second-order valence-corrected chi connectivity index (χ2v) is 5.73. The lowest BCUT2D eigenvalue weighted by atomic mass is 10.0. The van der Waals surface area contributed by atoms with E-state index in [4.69, 9.17) is 33.7 Å². The molecule has 3 N–H and O–H groups in total. The van der Waals surface area contributed by atoms with Gasteiger partial charge in [-0.25, -0.2) is 0 Å². The number of carbonyl (C=O) groups is 1. The number of hydrogen-bond acceptors (Lipinski definition) is 3. The molecule has 0 radical (unpaired) electrons. The van der Waals surface area contributed by atoms with Gasteiger partial charge in [0.05, 0.1) is 5.02 Å². The fraction of sp³-hybridized carbons (Fsp3) is 0.533. The summed E-state index contributed by atoms with van der Waals surface area (Å²) in [5.74, 6) is 0.310. The molecule has 0 aliphatic carbocycles. The summed E-state index contributed by atoms with van der Waals surface area (Å²) in [5.41, 5.74) is 6.80. The van der Waals surface area contributed by atoms with Crippen molar-refractivity contribution < 1.29 is 9.53 Å². The minimum atomic E-state index is -0.173. The molecule has 21 heavy (non-hydrogen) atoms. The summed E-state index contributed by atoms with van der Waals surface area (Å²) in [6.45, 7) is 4.55. The molecule has 0 aliphatic heterocycles. The van der Waals surface area contributed by atoms with Crippen molar-refractivity contribution in [1.29, 1.82) is 0 Å². The molecule has 6 heteroatoms. The van der Waals surface area contributed by atoms with E-state index in [0.29, 0.717) is 28.8 Å². The quantitative estimate of drug-likeness (QED) is 0.768. The van der Waals surface area contributed by atoms with Crippen LogP contribution in [0.1, 0.15) is 32.3 Å². The molecule has 0 fully saturated rings. The summed E-state index contributed by atoms with van der Waals surface area (Å²) in [6, 6.07) is 3.38. The number of nitrogens with two attached hydrogens (primary N) is 1. The van der Waals surface area contributed by atoms with E-state index in [1.807, 2.05) is 13.8 Å². The molecule has 0 aromatic heterocycles. The summed E-state index contributed by atoms with van der Waals surface area (Å²) in [6.07, 6.45) is 2.31. The molecule has 118 valence electrons. The van der Waals surface area contributed by atoms with Gasteiger partial charge in [0.15, 0.2) is 6.61 Å². The third-order valence-corrected chi connectivity index (χ3v) is 3.51. The van der Waals surface area contributed by atoms with Crippen LogP contribution in [0.15, 0.2) is 12.1 Å². The molecule has 0 saturated carbocycles. The summed E-state index contributed by atoms with van der Waals surface area (Å²) < 4.78 is 5.57. The normalized spacial score (nSPS) is 12.0. The Labute approximate surface area is 135 Å². The van der Waals surface area contributed by atoms with E-state index < -0.39 is 0 Å². The van der Waals surface area contributed by atoms with Crippen LogP contribution in [0.5, 0.6) is 5.75 Å². The molecule has 0 saturated heterocycles. The first-order chi connectivity index (χ1) is 9.97. The highest BCUT2D eigenvalue weighted by Crippen LogP contribution is 2.33. The van der Waals surface area contributed by atoms with Crippen molar-refractivity contribution in [2.24, 2.45) is 5.73 Å². The van der Waals surface area contributed by atoms with Crippen molar-refractivity contribution >= 4 is 29.1 Å². The Morgan fingerprint density at radius 2 is 2.10 bits per heavy atom. The number of amides is 1. The van der Waals surface area contributed by atoms with Crippen molar-refractivity contribution in [1.82, 2.24) is 5.32 Å². The minimum absolute atomic E-state index is 0.00389. The number of benzene rings is 1. The molecule has 1 unspecified atom stereocenters. The maximum absolute atomic E-state index is 11.6. The Bertz CT molecular complexity index is 481. The van der Waals surface area contributed by atoms with E-state index in [0.717, 1.165) is 18.4 Å². The van der Waals surface area contributed by atoms with Crippen molar-refractivity contribution in [2.45, 2.75) is 39.2 Å². The molecule has 0 heterocycles. The molecule has 1 rings (SSSR count). The van der Waals surface area contributed by atoms with E-state index in [9.17, 15) is 4.79 Å². The smallest absolute Gasteiger partial charge is 0.257 e. The molecule has 1 atom stereocenters. The predicted octanol–water partition coefficient (Wildman–Crippen LogP) is 3.18. The topological polar surface area (TPSA) is 64.3 Å². The van der Waals surface area contributed by atoms with Crippen LogP contribution in [0, 0.1) is 0 Å². The zero-order valence-electron chi connectivity index (χ0n) is 12.4. The first-order valence-electron chi connectivity index (χ1n) is 7.10. The van der Waals surface area contributed by atoms with Crippen LogP contribution in [0.4, 0.5) is 0 Å². The lowest BCUT2D eigenvalue weighted by Crippen LogP contribution is -2.29. The monoisotopic (exact) mass is 332 g/mol. The van der Waals surface area contributed by atoms with Gasteiger partial charge in [0.25, 0.3) is 5.91 Å². The maximum atomic E-state index is 11.6. The van der Waals surface area contributed by atoms with Gasteiger partial charge in [0.2, 0.25) is 0 Å². The number of ether oxygens (including phenoxy) is 1. The minimum Gasteiger partial charge on any atom is -0.482 e. The maximum Gasteiger partial charge on any atom is 0.257 e. The van der Waals surface area contributed by atoms with Gasteiger partial charge < -0.3 is 15.8 Å². The highest BCUT2D eigenvalue weighted by molar-refractivity contribution is 6.35. The number of hydrogen-bond donors (Lipinski definition) is 2. The Hall–Kier alpha value is -0.970. The standard InChI is InChI=1S/C15H22Cl2N2O2/c1-3-5-19-14(20)9-21-15-10(7-12(18)4-2)6-11(16)8-13(15)17/h6,8,12H,3-5,7,9,18H2,1-2H3,(H,19,20). The summed E-state index contributed by atoms with van der Waals surface area (Å²) in [4.78, 5) is 11.6. The van der Waals surface area contributed by atoms with Crippen molar-refractivity contribution in [3.8, 4) is 5.75 Å². The van der Waals surface area contributed by atoms with Gasteiger partial charge >= 0.3 is 0 Å². The van der Waals surface area contributed by atoms with E-state index in [1.54, 1.807) is 12.1 Å². The fourth-order valence-corrected chi connectivity index (χ4v) is 2.40. The zero-order chi connectivity index (χ0) is 15.8. The van der Waals surface area contributed by atoms with E-state index in [-0.39, 0.29) is 18.6 Å². The average Bonchev–Trinajstić information content (AvgIpc) is 2.43. The first-order valence-corrected chi connectivity index (χ1v) is 7.86. The highest BCUT2D eigenvalue weighted by atomic mass is 35.5. The zero-order valence-corrected chi connectivity index (χ0v) is 13.9. The third-order valence-electron chi connectivity index (χ3n) is 3.01. The van der Waals surface area contributed by atoms with E-state index in [2.05, 4.69) is 5.32 Å². The Kier molecular flexibility index (Phi) is 7.86. The highest BCUT2D eigenvalue weighted by Gasteiger charge is 2.14. The van der Waals surface area contributed by atoms with Crippen LogP contribution < -0.4 is 15.8 Å². The molecule has 0 bridgehead atoms. The van der Waals surface area contributed by atoms with Crippen LogP contribution in [0.2, 0.25) is 10.0 Å². The van der Waals surface area contributed by atoms with Crippen LogP contribution in [0.3, 0.4) is 0 Å². The second kappa shape index (κ2) is 9.13. The van der Waals surface area contributed by atoms with Crippen LogP contribution >= 0.6 is 23.2 Å². The van der Waals surface area contributed by atoms with E-state index in [1.165, 1.54) is 0 Å². The lowest BCUT2D eigenvalue weighted by Gasteiger charge is -2.16. The second-order valence-electron chi connectivity index (χ2n) is 4.89. The lowest BCUT2D eigenvalue weighted by molar-refractivity contribution is -0.123. The number of carbonyl (C=O) groups excluding carboxylic acids is 1. The van der Waals surface area contributed by atoms with E-state index >= 15 is 0 Å². The predicted molar refractivity (Wildman–Crippen MR) is 87.2 cm³/mol. The summed E-state index contributed by atoms with van der Waals surface area (Å²) in [7, 11) is 0. The van der Waals surface area contributed by atoms with Crippen LogP contribution in [-0.2, 0) is 11.2 Å². The fourth-order valence-electron chi connectivity index (χ4n) is 1.81. The Balaban J connectivity index is 2.81. The Morgan fingerprint density at radius 1 is 1.38 bits per heavy atom. The number of halogens is 2. The van der Waals surface area contributed by atoms with Crippen molar-refractivity contribution in [2.75, 3.05) is 13.2 Å². The van der Waals surface area contributed by atoms with Crippen molar-refractivity contribution in [3.05, 3.63) is 27.7 Å². The van der Waals surface area contributed by atoms with Crippen LogP contribution in [-0.4, -0.2) is 25.1 Å². The third kappa shape index (κ3) is 6.12. The average molecular weight is 333 g/mol. The Morgan fingerprint density at radius 3 is 2.71 bits per heavy atom. The molecular formula is C15H22Cl2N2O2. The van der Waals surface area contributed by atoms with Gasteiger partial charge in [0.1, 0.15) is 5.75 Å². The largest absolute Gasteiger partial charge is 0.482 e. The molecular weight excluding hydrogens is 311 g/mol. The molecule has 1 aromatic rings. The van der Waals surface area contributed by atoms with Gasteiger partial charge in [0, 0.05) is 17.6 Å². The molecule has 0 aliphatic rings. The van der Waals surface area contributed by atoms with Gasteiger partial charge in [-0.1, -0.05) is 37.0 Å². The molecule has 1 amide bonds. The molecule has 4 nitrogen and oxygen atoms in total. The van der Waals surface area contributed by atoms with Crippen molar-refractivity contribution in [3.63, 3.8) is 0 Å². The van der Waals surface area contributed by atoms with Gasteiger partial charge in [-0.05, 0) is 37.0 Å². The number of nitrogens with one attached hydrogen (secondary N) is 1. The first kappa shape index (κ1) is 18.1. The van der Waals surface area contributed by atoms with Gasteiger partial charge in [-0.3, -0.25) is 4.79 Å². The van der Waals surface area contributed by atoms with Gasteiger partial charge in [-0.2, -0.15) is 0 Å². The summed E-state index contributed by atoms with van der Waals surface area (Å²) >= 11 is 12.2. The van der Waals surface area contributed by atoms with Gasteiger partial charge in [-0.15, -0.1) is 0 Å².